The van der Waals surface area contributed by atoms with Gasteiger partial charge in [-0.2, -0.15) is 0 Å². The van der Waals surface area contributed by atoms with Gasteiger partial charge in [0.15, 0.2) is 15.4 Å². The van der Waals surface area contributed by atoms with E-state index in [1.165, 1.54) is 0 Å². The zero-order chi connectivity index (χ0) is 17.3. The Morgan fingerprint density at radius 3 is 2.39 bits per heavy atom. The average molecular weight is 360 g/mol. The first kappa shape index (κ1) is 17.7. The van der Waals surface area contributed by atoms with Crippen LogP contribution >= 0.6 is 11.6 Å². The molecule has 1 aliphatic heterocycles. The second-order valence-electron chi connectivity index (χ2n) is 5.66. The third kappa shape index (κ3) is 3.67. The molecule has 2 N–H and O–H groups in total. The highest BCUT2D eigenvalue weighted by Gasteiger charge is 2.43. The molecule has 1 aliphatic rings. The first-order valence-corrected chi connectivity index (χ1v) is 9.42. The van der Waals surface area contributed by atoms with Crippen LogP contribution in [0, 0.1) is 5.92 Å². The number of rotatable bonds is 5. The van der Waals surface area contributed by atoms with Gasteiger partial charge in [-0.3, -0.25) is 4.79 Å². The van der Waals surface area contributed by atoms with E-state index in [9.17, 15) is 23.1 Å². The lowest BCUT2D eigenvalue weighted by atomic mass is 9.86. The fourth-order valence-corrected chi connectivity index (χ4v) is 4.61. The van der Waals surface area contributed by atoms with Gasteiger partial charge in [-0.05, 0) is 30.5 Å². The largest absolute Gasteiger partial charge is 0.479 e. The number of hydrogen-bond donors (Lipinski definition) is 2. The van der Waals surface area contributed by atoms with Crippen molar-refractivity contribution in [1.29, 1.82) is 0 Å². The van der Waals surface area contributed by atoms with Crippen molar-refractivity contribution in [3.05, 3.63) is 34.9 Å². The van der Waals surface area contributed by atoms with Crippen LogP contribution in [-0.4, -0.2) is 36.9 Å². The fraction of sp³-hybridized carbons (Fsp3) is 0.467. The van der Waals surface area contributed by atoms with E-state index >= 15 is 0 Å². The molecule has 0 aromatic heterocycles. The molecule has 1 saturated heterocycles. The number of hydrogen-bond acceptors (Lipinski definition) is 4. The van der Waals surface area contributed by atoms with Crippen LogP contribution in [0.3, 0.4) is 0 Å². The molecule has 2 unspecified atom stereocenters. The van der Waals surface area contributed by atoms with E-state index in [1.807, 2.05) is 0 Å². The predicted octanol–water partition coefficient (Wildman–Crippen LogP) is 1.58. The normalized spacial score (nSPS) is 22.3. The molecule has 1 fully saturated rings. The molecular weight excluding hydrogens is 342 g/mol. The van der Waals surface area contributed by atoms with Crippen molar-refractivity contribution in [2.45, 2.75) is 25.3 Å². The lowest BCUT2D eigenvalue weighted by Gasteiger charge is -2.31. The summed E-state index contributed by atoms with van der Waals surface area (Å²) in [5.74, 6) is -2.74. The minimum Gasteiger partial charge on any atom is -0.479 e. The van der Waals surface area contributed by atoms with Crippen LogP contribution < -0.4 is 5.32 Å². The maximum absolute atomic E-state index is 12.4. The van der Waals surface area contributed by atoms with Gasteiger partial charge in [0.2, 0.25) is 5.91 Å². The van der Waals surface area contributed by atoms with Crippen LogP contribution in [0.2, 0.25) is 5.02 Å². The van der Waals surface area contributed by atoms with E-state index < -0.39 is 33.2 Å². The van der Waals surface area contributed by atoms with E-state index in [1.54, 1.807) is 31.2 Å². The summed E-state index contributed by atoms with van der Waals surface area (Å²) in [4.78, 5) is 24.2. The molecular formula is C15H18ClNO5S. The number of carbonyl (C=O) groups excluding carboxylic acids is 1. The monoisotopic (exact) mass is 359 g/mol. The summed E-state index contributed by atoms with van der Waals surface area (Å²) < 4.78 is 23.0. The summed E-state index contributed by atoms with van der Waals surface area (Å²) in [6, 6.07) is 6.20. The first-order chi connectivity index (χ1) is 10.7. The summed E-state index contributed by atoms with van der Waals surface area (Å²) in [6.45, 7) is 1.65. The van der Waals surface area contributed by atoms with E-state index in [0.29, 0.717) is 10.6 Å². The number of amides is 1. The van der Waals surface area contributed by atoms with E-state index in [4.69, 9.17) is 11.6 Å². The van der Waals surface area contributed by atoms with Crippen LogP contribution in [0.4, 0.5) is 0 Å². The Labute approximate surface area is 139 Å². The maximum atomic E-state index is 12.4. The Balaban J connectivity index is 2.31. The number of carboxylic acid groups (broad SMARTS) is 1. The highest BCUT2D eigenvalue weighted by atomic mass is 35.5. The lowest BCUT2D eigenvalue weighted by Crippen LogP contribution is -2.53. The predicted molar refractivity (Wildman–Crippen MR) is 86.0 cm³/mol. The Hall–Kier alpha value is -1.60. The van der Waals surface area contributed by atoms with Crippen molar-refractivity contribution in [3.63, 3.8) is 0 Å². The lowest BCUT2D eigenvalue weighted by molar-refractivity contribution is -0.149. The molecule has 0 spiro atoms. The van der Waals surface area contributed by atoms with Crippen molar-refractivity contribution in [3.8, 4) is 0 Å². The number of carboxylic acids is 1. The van der Waals surface area contributed by atoms with Crippen LogP contribution in [0.5, 0.6) is 0 Å². The van der Waals surface area contributed by atoms with Gasteiger partial charge in [0.25, 0.3) is 0 Å². The van der Waals surface area contributed by atoms with Crippen molar-refractivity contribution in [1.82, 2.24) is 5.32 Å². The minimum atomic E-state index is -3.22. The zero-order valence-corrected chi connectivity index (χ0v) is 14.2. The second-order valence-corrected chi connectivity index (χ2v) is 8.33. The Morgan fingerprint density at radius 1 is 1.35 bits per heavy atom. The van der Waals surface area contributed by atoms with Crippen molar-refractivity contribution < 1.29 is 23.1 Å². The Kier molecular flexibility index (Phi) is 5.01. The topological polar surface area (TPSA) is 101 Å². The number of halogens is 1. The van der Waals surface area contributed by atoms with E-state index in [2.05, 4.69) is 5.32 Å². The fourth-order valence-electron chi connectivity index (χ4n) is 2.74. The summed E-state index contributed by atoms with van der Waals surface area (Å²) in [7, 11) is -3.22. The number of carbonyl (C=O) groups is 2. The molecule has 1 heterocycles. The van der Waals surface area contributed by atoms with Gasteiger partial charge in [0.05, 0.1) is 17.4 Å². The smallest absolute Gasteiger partial charge is 0.334 e. The van der Waals surface area contributed by atoms with Gasteiger partial charge in [0.1, 0.15) is 0 Å². The van der Waals surface area contributed by atoms with Gasteiger partial charge in [0, 0.05) is 5.02 Å². The molecule has 0 bridgehead atoms. The van der Waals surface area contributed by atoms with Gasteiger partial charge < -0.3 is 10.4 Å². The SMILES string of the molecule is CCC(NC(=O)C1CCS(=O)(=O)C1)(C(=O)O)c1ccc(Cl)cc1. The molecule has 2 rings (SSSR count). The number of benzene rings is 1. The quantitative estimate of drug-likeness (QED) is 0.831. The van der Waals surface area contributed by atoms with Gasteiger partial charge in [-0.25, -0.2) is 13.2 Å². The molecule has 23 heavy (non-hydrogen) atoms. The highest BCUT2D eigenvalue weighted by Crippen LogP contribution is 2.29. The standard InChI is InChI=1S/C15H18ClNO5S/c1-2-15(14(19)20,11-3-5-12(16)6-4-11)17-13(18)10-7-8-23(21,22)9-10/h3-6,10H,2,7-9H2,1H3,(H,17,18)(H,19,20). The summed E-state index contributed by atoms with van der Waals surface area (Å²) >= 11 is 5.82. The van der Waals surface area contributed by atoms with E-state index in [-0.39, 0.29) is 24.3 Å². The van der Waals surface area contributed by atoms with Crippen molar-refractivity contribution >= 4 is 33.3 Å². The van der Waals surface area contributed by atoms with Crippen molar-refractivity contribution in [2.24, 2.45) is 5.92 Å². The zero-order valence-electron chi connectivity index (χ0n) is 12.6. The third-order valence-electron chi connectivity index (χ3n) is 4.17. The molecule has 126 valence electrons. The molecule has 0 aliphatic carbocycles. The third-order valence-corrected chi connectivity index (χ3v) is 6.19. The molecule has 8 heteroatoms. The molecule has 1 amide bonds. The first-order valence-electron chi connectivity index (χ1n) is 7.22. The summed E-state index contributed by atoms with van der Waals surface area (Å²) in [5.41, 5.74) is -1.21. The molecule has 6 nitrogen and oxygen atoms in total. The van der Waals surface area contributed by atoms with Gasteiger partial charge in [-0.15, -0.1) is 0 Å². The van der Waals surface area contributed by atoms with Crippen LogP contribution in [0.25, 0.3) is 0 Å². The van der Waals surface area contributed by atoms with Crippen LogP contribution in [0.1, 0.15) is 25.3 Å². The molecule has 0 radical (unpaired) electrons. The highest BCUT2D eigenvalue weighted by molar-refractivity contribution is 7.91. The maximum Gasteiger partial charge on any atom is 0.334 e. The molecule has 1 aromatic carbocycles. The van der Waals surface area contributed by atoms with Gasteiger partial charge >= 0.3 is 5.97 Å². The Morgan fingerprint density at radius 2 is 1.96 bits per heavy atom. The van der Waals surface area contributed by atoms with Crippen molar-refractivity contribution in [2.75, 3.05) is 11.5 Å². The minimum absolute atomic E-state index is 0.0434. The number of sulfone groups is 1. The van der Waals surface area contributed by atoms with E-state index in [0.717, 1.165) is 0 Å². The van der Waals surface area contributed by atoms with Crippen LogP contribution in [0.15, 0.2) is 24.3 Å². The molecule has 2 atom stereocenters. The number of aliphatic carboxylic acids is 1. The van der Waals surface area contributed by atoms with Crippen LogP contribution in [-0.2, 0) is 25.0 Å². The summed E-state index contributed by atoms with van der Waals surface area (Å²) in [5, 5.41) is 12.7. The average Bonchev–Trinajstić information content (AvgIpc) is 2.85. The molecule has 0 saturated carbocycles. The summed E-state index contributed by atoms with van der Waals surface area (Å²) in [6.07, 6.45) is 0.337. The second kappa shape index (κ2) is 6.49. The molecule has 1 aromatic rings. The number of nitrogens with one attached hydrogen (secondary N) is 1. The Bertz CT molecular complexity index is 716. The van der Waals surface area contributed by atoms with Gasteiger partial charge in [-0.1, -0.05) is 30.7 Å².